The second-order valence-electron chi connectivity index (χ2n) is 11.5. The van der Waals surface area contributed by atoms with E-state index in [1.807, 2.05) is 22.1 Å². The minimum Gasteiger partial charge on any atom is -0.323 e. The highest BCUT2D eigenvalue weighted by Crippen LogP contribution is 2.56. The molecule has 0 aromatic carbocycles. The van der Waals surface area contributed by atoms with Crippen molar-refractivity contribution < 1.29 is 13.6 Å². The van der Waals surface area contributed by atoms with E-state index in [2.05, 4.69) is 21.2 Å². The maximum absolute atomic E-state index is 12.9. The Kier molecular flexibility index (Phi) is 4.55. The van der Waals surface area contributed by atoms with Crippen LogP contribution >= 0.6 is 0 Å². The van der Waals surface area contributed by atoms with E-state index in [-0.39, 0.29) is 17.4 Å². The lowest BCUT2D eigenvalue weighted by Crippen LogP contribution is -2.67. The molecule has 0 radical (unpaired) electrons. The molecule has 2 aromatic rings. The molecule has 4 heterocycles. The molecule has 7 rings (SSSR count). The van der Waals surface area contributed by atoms with Gasteiger partial charge in [0.1, 0.15) is 5.82 Å². The first-order valence-corrected chi connectivity index (χ1v) is 12.7. The van der Waals surface area contributed by atoms with Gasteiger partial charge < -0.3 is 9.80 Å². The molecule has 0 unspecified atom stereocenters. The molecule has 2 aliphatic heterocycles. The summed E-state index contributed by atoms with van der Waals surface area (Å²) in [6, 6.07) is 4.20. The molecular formula is C25H30F2N6O. The Balaban J connectivity index is 0.861. The van der Waals surface area contributed by atoms with Crippen LogP contribution in [0.5, 0.6) is 0 Å². The molecule has 5 aliphatic rings. The Morgan fingerprint density at radius 2 is 1.79 bits per heavy atom. The van der Waals surface area contributed by atoms with E-state index in [4.69, 9.17) is 4.98 Å². The number of halogens is 2. The van der Waals surface area contributed by atoms with E-state index in [9.17, 15) is 13.6 Å². The molecule has 0 atom stereocenters. The van der Waals surface area contributed by atoms with E-state index < -0.39 is 12.3 Å². The van der Waals surface area contributed by atoms with Crippen molar-refractivity contribution in [1.29, 1.82) is 0 Å². The van der Waals surface area contributed by atoms with Gasteiger partial charge in [-0.05, 0) is 50.2 Å². The summed E-state index contributed by atoms with van der Waals surface area (Å²) < 4.78 is 25.4. The highest BCUT2D eigenvalue weighted by Gasteiger charge is 2.56. The molecule has 5 fully saturated rings. The van der Waals surface area contributed by atoms with Crippen LogP contribution in [0.3, 0.4) is 0 Å². The van der Waals surface area contributed by atoms with Gasteiger partial charge >= 0.3 is 6.03 Å². The zero-order chi connectivity index (χ0) is 23.0. The van der Waals surface area contributed by atoms with E-state index in [0.29, 0.717) is 30.6 Å². The topological polar surface area (TPSA) is 78.0 Å². The number of hydrogen-bond donors (Lipinski definition) is 1. The van der Waals surface area contributed by atoms with Gasteiger partial charge in [0.15, 0.2) is 5.82 Å². The maximum atomic E-state index is 12.9. The molecular weight excluding hydrogens is 438 g/mol. The molecule has 3 saturated carbocycles. The number of aromatic amines is 1. The lowest BCUT2D eigenvalue weighted by Gasteiger charge is -2.59. The number of alkyl halides is 2. The largest absolute Gasteiger partial charge is 0.323 e. The second kappa shape index (κ2) is 7.46. The molecule has 2 aromatic heterocycles. The van der Waals surface area contributed by atoms with E-state index >= 15 is 0 Å². The molecule has 180 valence electrons. The third-order valence-corrected chi connectivity index (χ3v) is 8.91. The zero-order valence-corrected chi connectivity index (χ0v) is 19.2. The SMILES string of the molecule is O=C(N1CC(c2ccc(C3CC(C(F)F)C3)nc2)C1)N1CC2(CC(c3n[nH]c(C4CC4)n3)C2)C1. The Labute approximate surface area is 197 Å². The van der Waals surface area contributed by atoms with Gasteiger partial charge in [-0.25, -0.2) is 18.6 Å². The fourth-order valence-corrected chi connectivity index (χ4v) is 6.39. The number of hydrogen-bond acceptors (Lipinski definition) is 4. The normalized spacial score (nSPS) is 28.4. The number of aromatic nitrogens is 4. The quantitative estimate of drug-likeness (QED) is 0.712. The summed E-state index contributed by atoms with van der Waals surface area (Å²) in [5, 5.41) is 7.55. The monoisotopic (exact) mass is 468 g/mol. The van der Waals surface area contributed by atoms with Crippen LogP contribution in [0.4, 0.5) is 13.6 Å². The number of nitrogens with zero attached hydrogens (tertiary/aromatic N) is 5. The van der Waals surface area contributed by atoms with Crippen LogP contribution in [0.2, 0.25) is 0 Å². The van der Waals surface area contributed by atoms with Gasteiger partial charge in [0.2, 0.25) is 6.43 Å². The molecule has 0 bridgehead atoms. The number of carbonyl (C=O) groups is 1. The molecule has 1 spiro atoms. The first-order valence-electron chi connectivity index (χ1n) is 12.7. The summed E-state index contributed by atoms with van der Waals surface area (Å²) in [6.07, 6.45) is 5.35. The predicted molar refractivity (Wildman–Crippen MR) is 120 cm³/mol. The van der Waals surface area contributed by atoms with Gasteiger partial charge in [0.25, 0.3) is 0 Å². The van der Waals surface area contributed by atoms with Crippen molar-refractivity contribution in [1.82, 2.24) is 30.0 Å². The van der Waals surface area contributed by atoms with E-state index in [0.717, 1.165) is 61.9 Å². The standard InChI is InChI=1S/C25H30F2N6O/c26-21(27)17-5-16(6-17)20-4-3-15(9-28-20)19-10-32(11-19)24(34)33-12-25(13-33)7-18(8-25)23-29-22(30-31-23)14-1-2-14/h3-4,9,14,16-19,21H,1-2,5-8,10-13H2,(H,29,30,31). The maximum Gasteiger partial charge on any atom is 0.320 e. The molecule has 1 N–H and O–H groups in total. The van der Waals surface area contributed by atoms with Gasteiger partial charge in [-0.15, -0.1) is 0 Å². The highest BCUT2D eigenvalue weighted by molar-refractivity contribution is 5.77. The summed E-state index contributed by atoms with van der Waals surface area (Å²) in [6.45, 7) is 3.15. The van der Waals surface area contributed by atoms with E-state index in [1.54, 1.807) is 0 Å². The summed E-state index contributed by atoms with van der Waals surface area (Å²) in [5.41, 5.74) is 2.33. The Morgan fingerprint density at radius 3 is 2.44 bits per heavy atom. The summed E-state index contributed by atoms with van der Waals surface area (Å²) >= 11 is 0. The molecule has 9 heteroatoms. The van der Waals surface area contributed by atoms with Crippen LogP contribution in [0.1, 0.15) is 85.1 Å². The minimum atomic E-state index is -2.21. The molecule has 34 heavy (non-hydrogen) atoms. The smallest absolute Gasteiger partial charge is 0.320 e. The number of likely N-dealkylation sites (tertiary alicyclic amines) is 2. The Morgan fingerprint density at radius 1 is 1.03 bits per heavy atom. The zero-order valence-electron chi connectivity index (χ0n) is 19.2. The number of rotatable bonds is 5. The lowest BCUT2D eigenvalue weighted by molar-refractivity contribution is -0.0601. The van der Waals surface area contributed by atoms with Gasteiger partial charge in [-0.3, -0.25) is 10.1 Å². The molecule has 2 saturated heterocycles. The van der Waals surface area contributed by atoms with Crippen LogP contribution in [-0.2, 0) is 0 Å². The van der Waals surface area contributed by atoms with Crippen LogP contribution in [0.15, 0.2) is 18.3 Å². The number of carbonyl (C=O) groups excluding carboxylic acids is 1. The number of nitrogens with one attached hydrogen (secondary N) is 1. The van der Waals surface area contributed by atoms with Gasteiger partial charge in [-0.1, -0.05) is 6.07 Å². The molecule has 7 nitrogen and oxygen atoms in total. The van der Waals surface area contributed by atoms with E-state index in [1.165, 1.54) is 12.8 Å². The fraction of sp³-hybridized carbons (Fsp3) is 0.680. The highest BCUT2D eigenvalue weighted by atomic mass is 19.3. The van der Waals surface area contributed by atoms with Crippen LogP contribution in [0.25, 0.3) is 0 Å². The Bertz CT molecular complexity index is 1070. The first kappa shape index (κ1) is 20.8. The van der Waals surface area contributed by atoms with Gasteiger partial charge in [0.05, 0.1) is 0 Å². The average Bonchev–Trinajstić information content (AvgIpc) is 3.42. The second-order valence-corrected chi connectivity index (χ2v) is 11.5. The number of H-pyrrole nitrogens is 1. The van der Waals surface area contributed by atoms with Crippen LogP contribution in [0, 0.1) is 11.3 Å². The first-order chi connectivity index (χ1) is 16.5. The fourth-order valence-electron chi connectivity index (χ4n) is 6.39. The van der Waals surface area contributed by atoms with Crippen molar-refractivity contribution in [3.05, 3.63) is 41.2 Å². The summed E-state index contributed by atoms with van der Waals surface area (Å²) in [7, 11) is 0. The number of urea groups is 1. The van der Waals surface area contributed by atoms with Gasteiger partial charge in [-0.2, -0.15) is 5.10 Å². The van der Waals surface area contributed by atoms with Crippen molar-refractivity contribution in [3.8, 4) is 0 Å². The summed E-state index contributed by atoms with van der Waals surface area (Å²) in [5.74, 6) is 3.08. The predicted octanol–water partition coefficient (Wildman–Crippen LogP) is 4.23. The van der Waals surface area contributed by atoms with Crippen molar-refractivity contribution >= 4 is 6.03 Å². The van der Waals surface area contributed by atoms with Crippen molar-refractivity contribution in [2.45, 2.75) is 68.6 Å². The third-order valence-electron chi connectivity index (χ3n) is 8.91. The molecule has 2 amide bonds. The van der Waals surface area contributed by atoms with Gasteiger partial charge in [0, 0.05) is 73.1 Å². The minimum absolute atomic E-state index is 0.149. The van der Waals surface area contributed by atoms with Crippen LogP contribution in [-0.4, -0.2) is 68.6 Å². The van der Waals surface area contributed by atoms with Crippen LogP contribution < -0.4 is 0 Å². The third kappa shape index (κ3) is 3.41. The van der Waals surface area contributed by atoms with Crippen molar-refractivity contribution in [2.24, 2.45) is 11.3 Å². The average molecular weight is 469 g/mol. The number of amides is 2. The Hall–Kier alpha value is -2.58. The van der Waals surface area contributed by atoms with Crippen molar-refractivity contribution in [3.63, 3.8) is 0 Å². The van der Waals surface area contributed by atoms with Crippen molar-refractivity contribution in [2.75, 3.05) is 26.2 Å². The molecule has 3 aliphatic carbocycles. The summed E-state index contributed by atoms with van der Waals surface area (Å²) in [4.78, 5) is 26.0. The number of pyridine rings is 1. The lowest BCUT2D eigenvalue weighted by atomic mass is 9.57.